The molecule has 33 heavy (non-hydrogen) atoms. The van der Waals surface area contributed by atoms with E-state index in [1.807, 2.05) is 0 Å². The zero-order chi connectivity index (χ0) is 21.2. The molecule has 0 saturated carbocycles. The molecule has 0 spiro atoms. The summed E-state index contributed by atoms with van der Waals surface area (Å²) in [7, 11) is 9.87. The number of fused-ring (bicyclic) bond motifs is 6. The molecule has 0 bridgehead atoms. The molecule has 6 atom stereocenters. The van der Waals surface area contributed by atoms with Crippen molar-refractivity contribution in [3.63, 3.8) is 0 Å². The zero-order valence-electron chi connectivity index (χ0n) is 19.4. The van der Waals surface area contributed by atoms with Crippen molar-refractivity contribution < 1.29 is 20.8 Å². The number of rotatable bonds is 3. The van der Waals surface area contributed by atoms with Gasteiger partial charge in [-0.1, -0.05) is 97.1 Å². The minimum absolute atomic E-state index is 0. The van der Waals surface area contributed by atoms with Crippen molar-refractivity contribution >= 4 is 17.0 Å². The van der Waals surface area contributed by atoms with Gasteiger partial charge in [0.1, 0.15) is 0 Å². The van der Waals surface area contributed by atoms with E-state index in [1.165, 1.54) is 12.8 Å². The third-order valence-electron chi connectivity index (χ3n) is 7.58. The Morgan fingerprint density at radius 2 is 0.879 bits per heavy atom. The van der Waals surface area contributed by atoms with Gasteiger partial charge in [0.2, 0.25) is 0 Å². The van der Waals surface area contributed by atoms with Gasteiger partial charge in [0.05, 0.1) is 0 Å². The summed E-state index contributed by atoms with van der Waals surface area (Å²) < 4.78 is 0. The van der Waals surface area contributed by atoms with Gasteiger partial charge in [0, 0.05) is 11.8 Å². The van der Waals surface area contributed by atoms with Gasteiger partial charge in [-0.15, -0.1) is 0 Å². The first-order valence-corrected chi connectivity index (χ1v) is 17.5. The van der Waals surface area contributed by atoms with Gasteiger partial charge in [-0.05, 0) is 58.8 Å². The average molecular weight is 555 g/mol. The fraction of sp³-hybridized carbons (Fsp3) is 0.267. The molecule has 6 unspecified atom stereocenters. The molecule has 0 fully saturated rings. The fourth-order valence-corrected chi connectivity index (χ4v) is 6.41. The quantitative estimate of drug-likeness (QED) is 0.332. The van der Waals surface area contributed by atoms with Crippen molar-refractivity contribution in [3.05, 3.63) is 134 Å². The van der Waals surface area contributed by atoms with Crippen molar-refractivity contribution in [3.8, 4) is 0 Å². The molecule has 0 nitrogen and oxygen atoms in total. The molecule has 4 aliphatic carbocycles. The second-order valence-electron chi connectivity index (χ2n) is 8.87. The first-order valence-electron chi connectivity index (χ1n) is 11.2. The van der Waals surface area contributed by atoms with Crippen molar-refractivity contribution in [2.45, 2.75) is 36.5 Å². The van der Waals surface area contributed by atoms with Crippen LogP contribution in [0.15, 0.2) is 97.1 Å². The molecular formula is C30H32Cl2Zr. The topological polar surface area (TPSA) is 0 Å². The normalized spacial score (nSPS) is 28.7. The summed E-state index contributed by atoms with van der Waals surface area (Å²) in [5.41, 5.74) is 6.30. The van der Waals surface area contributed by atoms with Crippen LogP contribution in [0.5, 0.6) is 0 Å². The molecule has 2 aromatic rings. The summed E-state index contributed by atoms with van der Waals surface area (Å²) in [5, 5.41) is 0. The number of hydrogen-bond donors (Lipinski definition) is 0. The van der Waals surface area contributed by atoms with Crippen molar-refractivity contribution in [1.82, 2.24) is 0 Å². The molecule has 0 aliphatic heterocycles. The van der Waals surface area contributed by atoms with Gasteiger partial charge >= 0.3 is 37.9 Å². The second kappa shape index (κ2) is 12.0. The Balaban J connectivity index is 0.000000583. The molecule has 3 heteroatoms. The molecule has 170 valence electrons. The van der Waals surface area contributed by atoms with Crippen LogP contribution in [0.25, 0.3) is 0 Å². The van der Waals surface area contributed by atoms with Crippen LogP contribution in [0.4, 0.5) is 0 Å². The third kappa shape index (κ3) is 4.98. The van der Waals surface area contributed by atoms with E-state index in [0.29, 0.717) is 35.5 Å². The third-order valence-corrected chi connectivity index (χ3v) is 7.58. The first-order chi connectivity index (χ1) is 15.3. The van der Waals surface area contributed by atoms with Crippen LogP contribution in [0, 0.1) is 26.7 Å². The maximum atomic E-state index is 4.93. The Morgan fingerprint density at radius 1 is 0.545 bits per heavy atom. The molecule has 0 radical (unpaired) electrons. The van der Waals surface area contributed by atoms with Gasteiger partial charge in [0.15, 0.2) is 0 Å². The number of hydrogen-bond acceptors (Lipinski definition) is 0. The monoisotopic (exact) mass is 552 g/mol. The predicted molar refractivity (Wildman–Crippen MR) is 141 cm³/mol. The summed E-state index contributed by atoms with van der Waals surface area (Å²) in [5.74, 6) is 3.72. The van der Waals surface area contributed by atoms with E-state index < -0.39 is 20.8 Å². The Morgan fingerprint density at radius 3 is 1.27 bits per heavy atom. The van der Waals surface area contributed by atoms with Crippen LogP contribution in [-0.4, -0.2) is 0 Å². The van der Waals surface area contributed by atoms with Crippen LogP contribution in [0.2, 0.25) is 0 Å². The van der Waals surface area contributed by atoms with Crippen LogP contribution >= 0.6 is 17.0 Å². The average Bonchev–Trinajstić information content (AvgIpc) is 3.31. The number of allylic oxidation sites excluding steroid dienone is 8. The van der Waals surface area contributed by atoms with Crippen LogP contribution in [0.1, 0.15) is 58.8 Å². The van der Waals surface area contributed by atoms with E-state index in [4.69, 9.17) is 17.0 Å². The van der Waals surface area contributed by atoms with E-state index in [1.54, 1.807) is 22.3 Å². The van der Waals surface area contributed by atoms with Crippen molar-refractivity contribution in [2.24, 2.45) is 11.8 Å². The van der Waals surface area contributed by atoms with Crippen molar-refractivity contribution in [1.29, 1.82) is 0 Å². The Hall–Kier alpha value is -1.14. The van der Waals surface area contributed by atoms with Gasteiger partial charge in [-0.3, -0.25) is 0 Å². The molecule has 0 heterocycles. The minimum atomic E-state index is -0.826. The van der Waals surface area contributed by atoms with E-state index in [9.17, 15) is 0 Å². The Bertz CT molecular complexity index is 967. The summed E-state index contributed by atoms with van der Waals surface area (Å²) in [4.78, 5) is 0. The van der Waals surface area contributed by atoms with Gasteiger partial charge < -0.3 is 14.9 Å². The molecule has 0 saturated heterocycles. The molecule has 2 aromatic carbocycles. The van der Waals surface area contributed by atoms with E-state index >= 15 is 0 Å². The second-order valence-corrected chi connectivity index (χ2v) is 12.6. The molecule has 0 aromatic heterocycles. The number of benzene rings is 2. The van der Waals surface area contributed by atoms with Gasteiger partial charge in [-0.25, -0.2) is 0 Å². The SMILES string of the molecule is C1=CC2c3ccccc3C(CCC3c4ccccc4C4C=CC=CC43)C2C=C1.[CH3-].[CH3-].[Cl][Zr+2][Cl]. The fourth-order valence-electron chi connectivity index (χ4n) is 6.41. The Kier molecular flexibility index (Phi) is 9.64. The van der Waals surface area contributed by atoms with E-state index in [2.05, 4.69) is 97.1 Å². The first kappa shape index (κ1) is 26.5. The summed E-state index contributed by atoms with van der Waals surface area (Å²) in [6.45, 7) is 0. The number of halogens is 2. The van der Waals surface area contributed by atoms with Crippen LogP contribution in [-0.2, 0) is 20.8 Å². The maximum absolute atomic E-state index is 4.93. The molecule has 0 N–H and O–H groups in total. The van der Waals surface area contributed by atoms with Gasteiger partial charge in [0.25, 0.3) is 0 Å². The standard InChI is InChI=1S/C28H26.2CH3.2ClH.Zr/c1-5-13-23-19(9-1)20-10-2-6-14-24(20)27(23)17-18-28-25-15-7-3-11-21(25)22-12-4-8-16-26(22)28;;;;;/h1-16,19,21,23,25,27-28H,17-18H2;2*1H3;2*1H;/q;2*-1;;;+4/p-2. The summed E-state index contributed by atoms with van der Waals surface area (Å²) in [6.07, 6.45) is 21.3. The van der Waals surface area contributed by atoms with Crippen LogP contribution in [0.3, 0.4) is 0 Å². The van der Waals surface area contributed by atoms with Crippen LogP contribution < -0.4 is 0 Å². The van der Waals surface area contributed by atoms with Crippen molar-refractivity contribution in [2.75, 3.05) is 0 Å². The van der Waals surface area contributed by atoms with E-state index in [0.717, 1.165) is 0 Å². The summed E-state index contributed by atoms with van der Waals surface area (Å²) in [6, 6.07) is 18.3. The molecule has 0 amide bonds. The molecule has 4 aliphatic rings. The molecule has 6 rings (SSSR count). The van der Waals surface area contributed by atoms with E-state index in [-0.39, 0.29) is 14.9 Å². The summed E-state index contributed by atoms with van der Waals surface area (Å²) >= 11 is -0.826. The molecular weight excluding hydrogens is 522 g/mol. The van der Waals surface area contributed by atoms with Gasteiger partial charge in [-0.2, -0.15) is 0 Å². The zero-order valence-corrected chi connectivity index (χ0v) is 23.3. The predicted octanol–water partition coefficient (Wildman–Crippen LogP) is 9.29. The Labute approximate surface area is 219 Å².